The zero-order valence-corrected chi connectivity index (χ0v) is 14.3. The van der Waals surface area contributed by atoms with Crippen LogP contribution in [0.2, 0.25) is 0 Å². The molecule has 0 aliphatic carbocycles. The molecule has 0 amide bonds. The van der Waals surface area contributed by atoms with Gasteiger partial charge >= 0.3 is 0 Å². The number of aromatic hydroxyl groups is 2. The SMILES string of the molecule is Cc1cc(C2c3ccc(O)cc3OCC2c2ccc(O)cc2)ccc1F. The molecule has 0 fully saturated rings. The maximum Gasteiger partial charge on any atom is 0.126 e. The molecule has 4 rings (SSSR count). The van der Waals surface area contributed by atoms with Crippen molar-refractivity contribution in [2.45, 2.75) is 18.8 Å². The van der Waals surface area contributed by atoms with Crippen molar-refractivity contribution in [3.8, 4) is 17.2 Å². The number of fused-ring (bicyclic) bond motifs is 1. The Balaban J connectivity index is 1.87. The monoisotopic (exact) mass is 350 g/mol. The molecule has 0 radical (unpaired) electrons. The highest BCUT2D eigenvalue weighted by Gasteiger charge is 2.33. The maximum atomic E-state index is 13.8. The average molecular weight is 350 g/mol. The summed E-state index contributed by atoms with van der Waals surface area (Å²) in [5.41, 5.74) is 3.59. The van der Waals surface area contributed by atoms with E-state index in [1.165, 1.54) is 6.07 Å². The number of hydrogen-bond donors (Lipinski definition) is 2. The lowest BCUT2D eigenvalue weighted by Gasteiger charge is -2.34. The zero-order valence-electron chi connectivity index (χ0n) is 14.3. The molecule has 0 saturated carbocycles. The highest BCUT2D eigenvalue weighted by Crippen LogP contribution is 2.47. The van der Waals surface area contributed by atoms with E-state index in [4.69, 9.17) is 4.74 Å². The Labute approximate surface area is 151 Å². The van der Waals surface area contributed by atoms with E-state index in [0.717, 1.165) is 16.7 Å². The molecular weight excluding hydrogens is 331 g/mol. The second-order valence-corrected chi connectivity index (χ2v) is 6.72. The van der Waals surface area contributed by atoms with Crippen LogP contribution < -0.4 is 4.74 Å². The largest absolute Gasteiger partial charge is 0.508 e. The average Bonchev–Trinajstić information content (AvgIpc) is 2.64. The fourth-order valence-corrected chi connectivity index (χ4v) is 3.68. The molecule has 2 N–H and O–H groups in total. The lowest BCUT2D eigenvalue weighted by molar-refractivity contribution is 0.247. The number of phenols is 2. The maximum absolute atomic E-state index is 13.8. The molecule has 3 aromatic rings. The van der Waals surface area contributed by atoms with Gasteiger partial charge in [-0.05, 0) is 47.9 Å². The lowest BCUT2D eigenvalue weighted by atomic mass is 9.75. The zero-order chi connectivity index (χ0) is 18.3. The fourth-order valence-electron chi connectivity index (χ4n) is 3.68. The summed E-state index contributed by atoms with van der Waals surface area (Å²) in [5, 5.41) is 19.4. The van der Waals surface area contributed by atoms with Gasteiger partial charge in [-0.25, -0.2) is 4.39 Å². The van der Waals surface area contributed by atoms with E-state index in [1.54, 1.807) is 31.2 Å². The molecule has 3 aromatic carbocycles. The molecule has 1 aliphatic heterocycles. The van der Waals surface area contributed by atoms with Crippen molar-refractivity contribution in [3.05, 3.63) is 88.7 Å². The number of ether oxygens (including phenoxy) is 1. The quantitative estimate of drug-likeness (QED) is 0.694. The molecule has 0 saturated heterocycles. The van der Waals surface area contributed by atoms with Gasteiger partial charge in [0.25, 0.3) is 0 Å². The summed E-state index contributed by atoms with van der Waals surface area (Å²) in [7, 11) is 0. The summed E-state index contributed by atoms with van der Waals surface area (Å²) < 4.78 is 19.7. The summed E-state index contributed by atoms with van der Waals surface area (Å²) in [6.45, 7) is 2.19. The van der Waals surface area contributed by atoms with Gasteiger partial charge in [0.2, 0.25) is 0 Å². The Morgan fingerprint density at radius 1 is 0.885 bits per heavy atom. The van der Waals surface area contributed by atoms with Crippen LogP contribution in [-0.4, -0.2) is 16.8 Å². The van der Waals surface area contributed by atoms with E-state index in [0.29, 0.717) is 17.9 Å². The van der Waals surface area contributed by atoms with Crippen LogP contribution in [0.1, 0.15) is 34.1 Å². The topological polar surface area (TPSA) is 49.7 Å². The summed E-state index contributed by atoms with van der Waals surface area (Å²) in [6, 6.07) is 17.4. The second kappa shape index (κ2) is 6.37. The van der Waals surface area contributed by atoms with E-state index in [-0.39, 0.29) is 29.2 Å². The highest BCUT2D eigenvalue weighted by atomic mass is 19.1. The van der Waals surface area contributed by atoms with Crippen LogP contribution in [0.5, 0.6) is 17.2 Å². The van der Waals surface area contributed by atoms with E-state index < -0.39 is 0 Å². The first-order chi connectivity index (χ1) is 12.5. The minimum absolute atomic E-state index is 0.0116. The lowest BCUT2D eigenvalue weighted by Crippen LogP contribution is -2.25. The molecule has 2 atom stereocenters. The van der Waals surface area contributed by atoms with Crippen LogP contribution in [0.15, 0.2) is 60.7 Å². The van der Waals surface area contributed by atoms with Crippen molar-refractivity contribution < 1.29 is 19.3 Å². The number of rotatable bonds is 2. The second-order valence-electron chi connectivity index (χ2n) is 6.72. The van der Waals surface area contributed by atoms with E-state index in [9.17, 15) is 14.6 Å². The molecule has 1 aliphatic rings. The molecule has 3 nitrogen and oxygen atoms in total. The van der Waals surface area contributed by atoms with Crippen molar-refractivity contribution in [3.63, 3.8) is 0 Å². The smallest absolute Gasteiger partial charge is 0.126 e. The number of hydrogen-bond acceptors (Lipinski definition) is 3. The van der Waals surface area contributed by atoms with Crippen molar-refractivity contribution in [1.82, 2.24) is 0 Å². The van der Waals surface area contributed by atoms with Gasteiger partial charge in [0, 0.05) is 23.5 Å². The van der Waals surface area contributed by atoms with Crippen molar-refractivity contribution >= 4 is 0 Å². The van der Waals surface area contributed by atoms with Crippen molar-refractivity contribution in [2.24, 2.45) is 0 Å². The van der Waals surface area contributed by atoms with Crippen LogP contribution in [0, 0.1) is 12.7 Å². The summed E-state index contributed by atoms with van der Waals surface area (Å²) in [6.07, 6.45) is 0. The van der Waals surface area contributed by atoms with Gasteiger partial charge in [-0.3, -0.25) is 0 Å². The fraction of sp³-hybridized carbons (Fsp3) is 0.182. The molecule has 0 aromatic heterocycles. The minimum Gasteiger partial charge on any atom is -0.508 e. The Morgan fingerprint density at radius 3 is 2.31 bits per heavy atom. The molecule has 0 spiro atoms. The normalized spacial score (nSPS) is 18.8. The summed E-state index contributed by atoms with van der Waals surface area (Å²) in [5.74, 6) is 0.756. The molecule has 132 valence electrons. The van der Waals surface area contributed by atoms with Gasteiger partial charge in [0.1, 0.15) is 23.1 Å². The van der Waals surface area contributed by atoms with E-state index in [1.807, 2.05) is 30.3 Å². The summed E-state index contributed by atoms with van der Waals surface area (Å²) >= 11 is 0. The van der Waals surface area contributed by atoms with Gasteiger partial charge in [-0.15, -0.1) is 0 Å². The Bertz CT molecular complexity index is 950. The minimum atomic E-state index is -0.229. The third-order valence-electron chi connectivity index (χ3n) is 5.02. The number of phenolic OH excluding ortho intramolecular Hbond substituents is 2. The molecule has 0 bridgehead atoms. The first kappa shape index (κ1) is 16.5. The van der Waals surface area contributed by atoms with Crippen LogP contribution in [0.25, 0.3) is 0 Å². The van der Waals surface area contributed by atoms with Gasteiger partial charge in [0.15, 0.2) is 0 Å². The van der Waals surface area contributed by atoms with E-state index >= 15 is 0 Å². The van der Waals surface area contributed by atoms with Gasteiger partial charge in [-0.1, -0.05) is 30.3 Å². The predicted octanol–water partition coefficient (Wildman–Crippen LogP) is 4.85. The van der Waals surface area contributed by atoms with Gasteiger partial charge < -0.3 is 14.9 Å². The van der Waals surface area contributed by atoms with Crippen LogP contribution in [0.3, 0.4) is 0 Å². The van der Waals surface area contributed by atoms with Crippen LogP contribution >= 0.6 is 0 Å². The Morgan fingerprint density at radius 2 is 1.58 bits per heavy atom. The first-order valence-corrected chi connectivity index (χ1v) is 8.53. The van der Waals surface area contributed by atoms with Crippen LogP contribution in [-0.2, 0) is 0 Å². The molecular formula is C22H19FO3. The predicted molar refractivity (Wildman–Crippen MR) is 97.4 cm³/mol. The number of benzene rings is 3. The third-order valence-corrected chi connectivity index (χ3v) is 5.02. The molecule has 1 heterocycles. The number of aryl methyl sites for hydroxylation is 1. The van der Waals surface area contributed by atoms with Gasteiger partial charge in [0.05, 0.1) is 6.61 Å². The first-order valence-electron chi connectivity index (χ1n) is 8.53. The van der Waals surface area contributed by atoms with Gasteiger partial charge in [-0.2, -0.15) is 0 Å². The molecule has 4 heteroatoms. The standard InChI is InChI=1S/C22H19FO3/c1-13-10-15(4-9-20(13)23)22-18-8-7-17(25)11-21(18)26-12-19(22)14-2-5-16(24)6-3-14/h2-11,19,22,24-25H,12H2,1H3. The van der Waals surface area contributed by atoms with Crippen molar-refractivity contribution in [1.29, 1.82) is 0 Å². The Kier molecular flexibility index (Phi) is 4.03. The van der Waals surface area contributed by atoms with E-state index in [2.05, 4.69) is 0 Å². The highest BCUT2D eigenvalue weighted by molar-refractivity contribution is 5.51. The van der Waals surface area contributed by atoms with Crippen LogP contribution in [0.4, 0.5) is 4.39 Å². The molecule has 2 unspecified atom stereocenters. The summed E-state index contributed by atoms with van der Waals surface area (Å²) in [4.78, 5) is 0. The van der Waals surface area contributed by atoms with Crippen molar-refractivity contribution in [2.75, 3.05) is 6.61 Å². The Hall–Kier alpha value is -3.01. The molecule has 26 heavy (non-hydrogen) atoms. The number of halogens is 1. The third kappa shape index (κ3) is 2.88.